The lowest BCUT2D eigenvalue weighted by molar-refractivity contribution is -0.175. The molecular formula is C23H22N2O6. The molecule has 2 heterocycles. The van der Waals surface area contributed by atoms with Crippen LogP contribution in [0, 0.1) is 5.92 Å². The number of rotatable bonds is 6. The summed E-state index contributed by atoms with van der Waals surface area (Å²) in [6, 6.07) is 15.5. The standard InChI is InChI=1S/C23H22N2O6/c26-20(12-14-30-17-8-2-1-3-9-17)24-13-6-7-16(15-24)23(29)31-25-21(27)18-10-4-5-11-19(18)22(25)28/h1-5,8-11,16H,6-7,12-15H2. The first-order chi connectivity index (χ1) is 15.0. The number of hydrogen-bond acceptors (Lipinski definition) is 6. The molecule has 2 aliphatic rings. The summed E-state index contributed by atoms with van der Waals surface area (Å²) in [6.07, 6.45) is 1.34. The lowest BCUT2D eigenvalue weighted by Gasteiger charge is -2.32. The van der Waals surface area contributed by atoms with Crippen LogP contribution >= 0.6 is 0 Å². The third-order valence-electron chi connectivity index (χ3n) is 5.37. The number of hydroxylamine groups is 2. The molecular weight excluding hydrogens is 400 g/mol. The molecule has 0 aromatic heterocycles. The van der Waals surface area contributed by atoms with Crippen molar-refractivity contribution in [3.8, 4) is 5.75 Å². The molecule has 0 spiro atoms. The Morgan fingerprint density at radius 3 is 2.26 bits per heavy atom. The van der Waals surface area contributed by atoms with Gasteiger partial charge in [0.05, 0.1) is 30.1 Å². The summed E-state index contributed by atoms with van der Waals surface area (Å²) < 4.78 is 5.56. The predicted molar refractivity (Wildman–Crippen MR) is 109 cm³/mol. The number of likely N-dealkylation sites (tertiary alicyclic amines) is 1. The first-order valence-corrected chi connectivity index (χ1v) is 10.2. The van der Waals surface area contributed by atoms with Crippen molar-refractivity contribution in [2.45, 2.75) is 19.3 Å². The van der Waals surface area contributed by atoms with Crippen LogP contribution in [0.4, 0.5) is 0 Å². The lowest BCUT2D eigenvalue weighted by Crippen LogP contribution is -2.45. The highest BCUT2D eigenvalue weighted by Crippen LogP contribution is 2.25. The minimum Gasteiger partial charge on any atom is -0.493 e. The van der Waals surface area contributed by atoms with Gasteiger partial charge in [0, 0.05) is 13.1 Å². The van der Waals surface area contributed by atoms with Crippen molar-refractivity contribution in [1.82, 2.24) is 9.96 Å². The SMILES string of the molecule is O=C(ON1C(=O)c2ccccc2C1=O)C1CCCN(C(=O)CCOc2ccccc2)C1. The van der Waals surface area contributed by atoms with Crippen molar-refractivity contribution in [2.75, 3.05) is 19.7 Å². The number of carbonyl (C=O) groups is 4. The first-order valence-electron chi connectivity index (χ1n) is 10.2. The molecule has 2 aliphatic heterocycles. The van der Waals surface area contributed by atoms with Gasteiger partial charge in [0.15, 0.2) is 0 Å². The van der Waals surface area contributed by atoms with Gasteiger partial charge < -0.3 is 14.5 Å². The molecule has 0 aliphatic carbocycles. The van der Waals surface area contributed by atoms with E-state index in [4.69, 9.17) is 9.57 Å². The van der Waals surface area contributed by atoms with Crippen molar-refractivity contribution in [2.24, 2.45) is 5.92 Å². The van der Waals surface area contributed by atoms with Gasteiger partial charge in [0.1, 0.15) is 5.75 Å². The summed E-state index contributed by atoms with van der Waals surface area (Å²) in [6.45, 7) is 0.969. The summed E-state index contributed by atoms with van der Waals surface area (Å²) in [5.41, 5.74) is 0.415. The van der Waals surface area contributed by atoms with Crippen LogP contribution in [-0.2, 0) is 14.4 Å². The summed E-state index contributed by atoms with van der Waals surface area (Å²) >= 11 is 0. The summed E-state index contributed by atoms with van der Waals surface area (Å²) in [5, 5.41) is 0.515. The van der Waals surface area contributed by atoms with E-state index in [1.807, 2.05) is 30.3 Å². The van der Waals surface area contributed by atoms with Crippen molar-refractivity contribution < 1.29 is 28.8 Å². The molecule has 3 amide bonds. The van der Waals surface area contributed by atoms with Gasteiger partial charge in [-0.15, -0.1) is 0 Å². The third-order valence-corrected chi connectivity index (χ3v) is 5.37. The zero-order chi connectivity index (χ0) is 21.8. The number of carbonyl (C=O) groups excluding carboxylic acids is 4. The van der Waals surface area contributed by atoms with Crippen LogP contribution < -0.4 is 4.74 Å². The molecule has 1 fully saturated rings. The average Bonchev–Trinajstić information content (AvgIpc) is 3.05. The van der Waals surface area contributed by atoms with E-state index in [1.54, 1.807) is 17.0 Å². The topological polar surface area (TPSA) is 93.2 Å². The Balaban J connectivity index is 1.30. The van der Waals surface area contributed by atoms with E-state index < -0.39 is 23.7 Å². The van der Waals surface area contributed by atoms with Crippen LogP contribution in [0.1, 0.15) is 40.0 Å². The van der Waals surface area contributed by atoms with Crippen LogP contribution in [0.3, 0.4) is 0 Å². The Labute approximate surface area is 179 Å². The minimum absolute atomic E-state index is 0.117. The van der Waals surface area contributed by atoms with Crippen LogP contribution in [0.25, 0.3) is 0 Å². The van der Waals surface area contributed by atoms with Crippen LogP contribution in [0.5, 0.6) is 5.75 Å². The van der Waals surface area contributed by atoms with E-state index >= 15 is 0 Å². The molecule has 0 N–H and O–H groups in total. The second-order valence-electron chi connectivity index (χ2n) is 7.45. The maximum Gasteiger partial charge on any atom is 0.338 e. The molecule has 8 heteroatoms. The lowest BCUT2D eigenvalue weighted by atomic mass is 9.98. The Morgan fingerprint density at radius 1 is 0.935 bits per heavy atom. The number of nitrogens with zero attached hydrogens (tertiary/aromatic N) is 2. The van der Waals surface area contributed by atoms with Crippen LogP contribution in [0.15, 0.2) is 54.6 Å². The molecule has 31 heavy (non-hydrogen) atoms. The van der Waals surface area contributed by atoms with Crippen LogP contribution in [-0.4, -0.2) is 53.4 Å². The van der Waals surface area contributed by atoms with Gasteiger partial charge in [-0.05, 0) is 37.1 Å². The molecule has 2 aromatic carbocycles. The fraction of sp³-hybridized carbons (Fsp3) is 0.304. The van der Waals surface area contributed by atoms with Crippen LogP contribution in [0.2, 0.25) is 0 Å². The fourth-order valence-electron chi connectivity index (χ4n) is 3.74. The van der Waals surface area contributed by atoms with E-state index in [9.17, 15) is 19.2 Å². The average molecular weight is 422 g/mol. The molecule has 1 unspecified atom stereocenters. The van der Waals surface area contributed by atoms with E-state index in [0.29, 0.717) is 30.2 Å². The molecule has 1 atom stereocenters. The molecule has 0 bridgehead atoms. The number of para-hydroxylation sites is 1. The normalized spacial score (nSPS) is 18.0. The number of ether oxygens (including phenoxy) is 1. The second kappa shape index (κ2) is 8.99. The highest BCUT2D eigenvalue weighted by Gasteiger charge is 2.40. The second-order valence-corrected chi connectivity index (χ2v) is 7.45. The third kappa shape index (κ3) is 4.42. The number of hydrogen-bond donors (Lipinski definition) is 0. The Hall–Kier alpha value is -3.68. The highest BCUT2D eigenvalue weighted by molar-refractivity contribution is 6.20. The predicted octanol–water partition coefficient (Wildman–Crippen LogP) is 2.45. The van der Waals surface area contributed by atoms with Crippen molar-refractivity contribution in [3.05, 3.63) is 65.7 Å². The monoisotopic (exact) mass is 422 g/mol. The highest BCUT2D eigenvalue weighted by atomic mass is 16.7. The van der Waals surface area contributed by atoms with E-state index in [1.165, 1.54) is 12.1 Å². The summed E-state index contributed by atoms with van der Waals surface area (Å²) in [7, 11) is 0. The number of amides is 3. The number of piperidine rings is 1. The van der Waals surface area contributed by atoms with Gasteiger partial charge in [-0.2, -0.15) is 0 Å². The molecule has 0 radical (unpaired) electrons. The summed E-state index contributed by atoms with van der Waals surface area (Å²) in [4.78, 5) is 56.7. The molecule has 8 nitrogen and oxygen atoms in total. The minimum atomic E-state index is -0.687. The zero-order valence-corrected chi connectivity index (χ0v) is 16.9. The Bertz CT molecular complexity index is 971. The Morgan fingerprint density at radius 2 is 1.58 bits per heavy atom. The Kier molecular flexibility index (Phi) is 5.97. The molecule has 4 rings (SSSR count). The quantitative estimate of drug-likeness (QED) is 0.664. The van der Waals surface area contributed by atoms with Crippen molar-refractivity contribution >= 4 is 23.7 Å². The molecule has 1 saturated heterocycles. The fourth-order valence-corrected chi connectivity index (χ4v) is 3.74. The largest absolute Gasteiger partial charge is 0.493 e. The van der Waals surface area contributed by atoms with E-state index in [2.05, 4.69) is 0 Å². The van der Waals surface area contributed by atoms with Gasteiger partial charge in [0.25, 0.3) is 11.8 Å². The first kappa shape index (κ1) is 20.6. The molecule has 2 aromatic rings. The van der Waals surface area contributed by atoms with Gasteiger partial charge >= 0.3 is 5.97 Å². The van der Waals surface area contributed by atoms with Gasteiger partial charge in [-0.25, -0.2) is 4.79 Å². The smallest absolute Gasteiger partial charge is 0.338 e. The van der Waals surface area contributed by atoms with Crippen molar-refractivity contribution in [3.63, 3.8) is 0 Å². The maximum atomic E-state index is 12.6. The van der Waals surface area contributed by atoms with E-state index in [0.717, 1.165) is 0 Å². The number of benzene rings is 2. The van der Waals surface area contributed by atoms with Gasteiger partial charge in [-0.1, -0.05) is 35.4 Å². The van der Waals surface area contributed by atoms with Crippen molar-refractivity contribution in [1.29, 1.82) is 0 Å². The number of fused-ring (bicyclic) bond motifs is 1. The van der Waals surface area contributed by atoms with Gasteiger partial charge in [0.2, 0.25) is 5.91 Å². The zero-order valence-electron chi connectivity index (χ0n) is 16.9. The number of imide groups is 1. The van der Waals surface area contributed by atoms with Gasteiger partial charge in [-0.3, -0.25) is 14.4 Å². The van der Waals surface area contributed by atoms with E-state index in [-0.39, 0.29) is 36.6 Å². The maximum absolute atomic E-state index is 12.6. The summed E-state index contributed by atoms with van der Waals surface area (Å²) in [5.74, 6) is -2.03. The molecule has 160 valence electrons. The molecule has 0 saturated carbocycles.